The minimum Gasteiger partial charge on any atom is -0.475 e. The van der Waals surface area contributed by atoms with Crippen LogP contribution in [0.25, 0.3) is 0 Å². The molecule has 26 heavy (non-hydrogen) atoms. The van der Waals surface area contributed by atoms with Gasteiger partial charge in [0.25, 0.3) is 0 Å². The van der Waals surface area contributed by atoms with E-state index >= 15 is 0 Å². The molecular formula is C14H15F3N4O5. The summed E-state index contributed by atoms with van der Waals surface area (Å²) in [5.41, 5.74) is 8.74. The van der Waals surface area contributed by atoms with Crippen LogP contribution in [0, 0.1) is 0 Å². The SMILES string of the molecule is NCC(C(=O)NN1CC(=O)NC1=O)c1ccccc1.O=C(O)C(F)(F)F. The molecule has 0 aliphatic carbocycles. The number of nitrogens with two attached hydrogens (primary N) is 1. The van der Waals surface area contributed by atoms with Gasteiger partial charge in [-0.3, -0.25) is 20.3 Å². The van der Waals surface area contributed by atoms with Crippen LogP contribution < -0.4 is 16.5 Å². The number of halogens is 3. The van der Waals surface area contributed by atoms with Crippen molar-refractivity contribution >= 4 is 23.8 Å². The quantitative estimate of drug-likeness (QED) is 0.543. The van der Waals surface area contributed by atoms with Crippen molar-refractivity contribution in [3.8, 4) is 0 Å². The van der Waals surface area contributed by atoms with Crippen molar-refractivity contribution in [3.63, 3.8) is 0 Å². The number of rotatable bonds is 4. The molecule has 1 atom stereocenters. The molecular weight excluding hydrogens is 361 g/mol. The molecule has 0 spiro atoms. The molecule has 0 saturated carbocycles. The van der Waals surface area contributed by atoms with Crippen molar-refractivity contribution in [2.24, 2.45) is 5.73 Å². The Kier molecular flexibility index (Phi) is 7.07. The third-order valence-corrected chi connectivity index (χ3v) is 3.04. The summed E-state index contributed by atoms with van der Waals surface area (Å²) in [5.74, 6) is -4.19. The number of aliphatic carboxylic acids is 1. The first-order valence-electron chi connectivity index (χ1n) is 7.03. The topological polar surface area (TPSA) is 142 Å². The van der Waals surface area contributed by atoms with E-state index in [1.807, 2.05) is 6.07 Å². The minimum atomic E-state index is -5.08. The Bertz CT molecular complexity index is 681. The van der Waals surface area contributed by atoms with Crippen LogP contribution in [-0.2, 0) is 14.4 Å². The van der Waals surface area contributed by atoms with Crippen LogP contribution in [0.2, 0.25) is 0 Å². The Morgan fingerprint density at radius 1 is 1.27 bits per heavy atom. The molecule has 1 aliphatic heterocycles. The standard InChI is InChI=1S/C12H14N4O3.C2HF3O2/c13-6-9(8-4-2-1-3-5-8)11(18)15-16-7-10(17)14-12(16)19;3-2(4,5)1(6)7/h1-5,9H,6-7,13H2,(H,15,18)(H,14,17,19);(H,6,7). The van der Waals surface area contributed by atoms with E-state index in [4.69, 9.17) is 15.6 Å². The van der Waals surface area contributed by atoms with Gasteiger partial charge in [-0.05, 0) is 5.56 Å². The fraction of sp³-hybridized carbons (Fsp3) is 0.286. The Morgan fingerprint density at radius 2 is 1.81 bits per heavy atom. The van der Waals surface area contributed by atoms with E-state index in [0.717, 1.165) is 10.6 Å². The number of hydrazine groups is 1. The summed E-state index contributed by atoms with van der Waals surface area (Å²) in [6.07, 6.45) is -5.08. The largest absolute Gasteiger partial charge is 0.490 e. The molecule has 0 aromatic heterocycles. The third kappa shape index (κ3) is 6.05. The van der Waals surface area contributed by atoms with Crippen LogP contribution in [0.15, 0.2) is 30.3 Å². The number of alkyl halides is 3. The van der Waals surface area contributed by atoms with Crippen molar-refractivity contribution in [3.05, 3.63) is 35.9 Å². The molecule has 0 radical (unpaired) electrons. The number of imide groups is 1. The van der Waals surface area contributed by atoms with Gasteiger partial charge in [0, 0.05) is 6.54 Å². The van der Waals surface area contributed by atoms with Crippen LogP contribution >= 0.6 is 0 Å². The van der Waals surface area contributed by atoms with Gasteiger partial charge in [-0.15, -0.1) is 0 Å². The van der Waals surface area contributed by atoms with E-state index in [1.54, 1.807) is 24.3 Å². The molecule has 1 saturated heterocycles. The maximum atomic E-state index is 12.1. The number of carbonyl (C=O) groups is 4. The number of nitrogens with one attached hydrogen (secondary N) is 2. The Balaban J connectivity index is 0.000000412. The fourth-order valence-corrected chi connectivity index (χ4v) is 1.82. The van der Waals surface area contributed by atoms with E-state index in [1.165, 1.54) is 0 Å². The number of carbonyl (C=O) groups excluding carboxylic acids is 3. The van der Waals surface area contributed by atoms with Gasteiger partial charge in [-0.25, -0.2) is 14.6 Å². The maximum Gasteiger partial charge on any atom is 0.490 e. The molecule has 1 fully saturated rings. The van der Waals surface area contributed by atoms with Crippen molar-refractivity contribution in [2.75, 3.05) is 13.1 Å². The van der Waals surface area contributed by atoms with Crippen molar-refractivity contribution < 1.29 is 37.5 Å². The van der Waals surface area contributed by atoms with E-state index in [2.05, 4.69) is 10.7 Å². The van der Waals surface area contributed by atoms with E-state index in [0.29, 0.717) is 0 Å². The summed E-state index contributed by atoms with van der Waals surface area (Å²) in [6, 6.07) is 8.37. The lowest BCUT2D eigenvalue weighted by atomic mass is 9.99. The fourth-order valence-electron chi connectivity index (χ4n) is 1.82. The molecule has 2 rings (SSSR count). The second-order valence-corrected chi connectivity index (χ2v) is 4.92. The highest BCUT2D eigenvalue weighted by Gasteiger charge is 2.38. The molecule has 4 amide bonds. The van der Waals surface area contributed by atoms with Gasteiger partial charge >= 0.3 is 18.2 Å². The van der Waals surface area contributed by atoms with E-state index in [-0.39, 0.29) is 13.1 Å². The first-order valence-corrected chi connectivity index (χ1v) is 7.03. The number of hydrogen-bond donors (Lipinski definition) is 4. The minimum absolute atomic E-state index is 0.110. The summed E-state index contributed by atoms with van der Waals surface area (Å²) in [5, 5.41) is 10.1. The van der Waals surface area contributed by atoms with Gasteiger partial charge in [0.2, 0.25) is 11.8 Å². The first kappa shape index (κ1) is 20.9. The van der Waals surface area contributed by atoms with Gasteiger partial charge in [-0.2, -0.15) is 13.2 Å². The lowest BCUT2D eigenvalue weighted by molar-refractivity contribution is -0.192. The predicted molar refractivity (Wildman–Crippen MR) is 80.3 cm³/mol. The smallest absolute Gasteiger partial charge is 0.475 e. The number of amides is 4. The lowest BCUT2D eigenvalue weighted by Gasteiger charge is -2.20. The Labute approximate surface area is 144 Å². The zero-order valence-corrected chi connectivity index (χ0v) is 13.1. The van der Waals surface area contributed by atoms with Crippen LogP contribution in [0.4, 0.5) is 18.0 Å². The van der Waals surface area contributed by atoms with Crippen LogP contribution in [0.5, 0.6) is 0 Å². The summed E-state index contributed by atoms with van der Waals surface area (Å²) in [7, 11) is 0. The second kappa shape index (κ2) is 8.80. The summed E-state index contributed by atoms with van der Waals surface area (Å²) >= 11 is 0. The molecule has 1 heterocycles. The van der Waals surface area contributed by atoms with Gasteiger partial charge in [-0.1, -0.05) is 30.3 Å². The van der Waals surface area contributed by atoms with Crippen LogP contribution in [0.3, 0.4) is 0 Å². The highest BCUT2D eigenvalue weighted by Crippen LogP contribution is 2.14. The number of carboxylic acid groups (broad SMARTS) is 1. The van der Waals surface area contributed by atoms with Crippen molar-refractivity contribution in [1.29, 1.82) is 0 Å². The summed E-state index contributed by atoms with van der Waals surface area (Å²) in [4.78, 5) is 43.3. The molecule has 1 aromatic rings. The van der Waals surface area contributed by atoms with Crippen molar-refractivity contribution in [1.82, 2.24) is 15.8 Å². The van der Waals surface area contributed by atoms with Crippen LogP contribution in [-0.4, -0.2) is 53.2 Å². The summed E-state index contributed by atoms with van der Waals surface area (Å²) in [6.45, 7) is -0.0735. The molecule has 9 nitrogen and oxygen atoms in total. The van der Waals surface area contributed by atoms with Gasteiger partial charge in [0.1, 0.15) is 6.54 Å². The molecule has 1 aliphatic rings. The zero-order valence-electron chi connectivity index (χ0n) is 13.1. The highest BCUT2D eigenvalue weighted by atomic mass is 19.4. The average molecular weight is 376 g/mol. The first-order chi connectivity index (χ1) is 12.1. The van der Waals surface area contributed by atoms with E-state index in [9.17, 15) is 27.6 Å². The Hall–Kier alpha value is -3.15. The third-order valence-electron chi connectivity index (χ3n) is 3.04. The molecule has 1 unspecified atom stereocenters. The number of urea groups is 1. The van der Waals surface area contributed by atoms with Crippen LogP contribution in [0.1, 0.15) is 11.5 Å². The van der Waals surface area contributed by atoms with Crippen molar-refractivity contribution in [2.45, 2.75) is 12.1 Å². The molecule has 0 bridgehead atoms. The highest BCUT2D eigenvalue weighted by molar-refractivity contribution is 6.02. The molecule has 12 heteroatoms. The average Bonchev–Trinajstić information content (AvgIpc) is 2.86. The van der Waals surface area contributed by atoms with Gasteiger partial charge in [0.15, 0.2) is 0 Å². The second-order valence-electron chi connectivity index (χ2n) is 4.92. The number of benzene rings is 1. The molecule has 5 N–H and O–H groups in total. The Morgan fingerprint density at radius 3 is 2.19 bits per heavy atom. The normalized spacial score (nSPS) is 14.8. The number of carboxylic acids is 1. The predicted octanol–water partition coefficient (Wildman–Crippen LogP) is -0.0548. The maximum absolute atomic E-state index is 12.1. The zero-order chi connectivity index (χ0) is 19.9. The molecule has 142 valence electrons. The summed E-state index contributed by atoms with van der Waals surface area (Å²) < 4.78 is 31.7. The monoisotopic (exact) mass is 376 g/mol. The lowest BCUT2D eigenvalue weighted by Crippen LogP contribution is -2.47. The number of nitrogens with zero attached hydrogens (tertiary/aromatic N) is 1. The van der Waals surface area contributed by atoms with Gasteiger partial charge in [0.05, 0.1) is 5.92 Å². The molecule has 1 aromatic carbocycles. The number of hydrogen-bond acceptors (Lipinski definition) is 5. The van der Waals surface area contributed by atoms with E-state index < -0.39 is 35.9 Å². The van der Waals surface area contributed by atoms with Gasteiger partial charge < -0.3 is 10.8 Å².